The van der Waals surface area contributed by atoms with Crippen LogP contribution in [0.3, 0.4) is 0 Å². The molecule has 2 aromatic heterocycles. The lowest BCUT2D eigenvalue weighted by Gasteiger charge is -2.35. The summed E-state index contributed by atoms with van der Waals surface area (Å²) in [4.78, 5) is 8.54. The van der Waals surface area contributed by atoms with Gasteiger partial charge in [0.1, 0.15) is 0 Å². The molecule has 1 aromatic carbocycles. The van der Waals surface area contributed by atoms with Gasteiger partial charge < -0.3 is 9.67 Å². The number of imidazole rings is 1. The first-order valence-corrected chi connectivity index (χ1v) is 8.06. The zero-order chi connectivity index (χ0) is 15.4. The van der Waals surface area contributed by atoms with Crippen molar-refractivity contribution < 1.29 is 5.11 Å². The molecule has 0 saturated carbocycles. The number of fused-ring (bicyclic) bond motifs is 4. The van der Waals surface area contributed by atoms with E-state index in [2.05, 4.69) is 38.8 Å². The number of hydrogen-bond donors (Lipinski definition) is 1. The Balaban J connectivity index is 1.64. The maximum Gasteiger partial charge on any atom is 0.0956 e. The molecule has 0 radical (unpaired) electrons. The fourth-order valence-corrected chi connectivity index (χ4v) is 4.28. The summed E-state index contributed by atoms with van der Waals surface area (Å²) >= 11 is 0. The third-order valence-electron chi connectivity index (χ3n) is 5.34. The fourth-order valence-electron chi connectivity index (χ4n) is 4.28. The highest BCUT2D eigenvalue weighted by molar-refractivity contribution is 5.69. The molecule has 3 atom stereocenters. The smallest absolute Gasteiger partial charge is 0.0956 e. The Morgan fingerprint density at radius 1 is 1.04 bits per heavy atom. The monoisotopic (exact) mass is 303 g/mol. The van der Waals surface area contributed by atoms with E-state index in [9.17, 15) is 5.11 Å². The quantitative estimate of drug-likeness (QED) is 0.751. The maximum atomic E-state index is 11.0. The standard InChI is InChI=1S/C19H17N3O/c23-19-15(6-5-12-7-8-20-9-16(12)19)18-14-4-2-1-3-13(14)17-10-21-11-22(17)18/h1-4,7-11,15,18-19,23H,5-6H2. The van der Waals surface area contributed by atoms with Gasteiger partial charge in [0.25, 0.3) is 0 Å². The van der Waals surface area contributed by atoms with E-state index in [1.165, 1.54) is 16.7 Å². The Hall–Kier alpha value is -2.46. The van der Waals surface area contributed by atoms with E-state index < -0.39 is 6.10 Å². The molecule has 3 unspecified atom stereocenters. The van der Waals surface area contributed by atoms with Crippen LogP contribution in [0.25, 0.3) is 11.3 Å². The number of nitrogens with zero attached hydrogens (tertiary/aromatic N) is 3. The van der Waals surface area contributed by atoms with Crippen LogP contribution in [-0.2, 0) is 6.42 Å². The number of benzene rings is 1. The summed E-state index contributed by atoms with van der Waals surface area (Å²) in [5, 5.41) is 11.0. The van der Waals surface area contributed by atoms with Gasteiger partial charge in [-0.05, 0) is 30.0 Å². The molecule has 0 saturated heterocycles. The van der Waals surface area contributed by atoms with E-state index in [1.54, 1.807) is 0 Å². The average molecular weight is 303 g/mol. The second-order valence-corrected chi connectivity index (χ2v) is 6.44. The molecule has 1 aliphatic heterocycles. The lowest BCUT2D eigenvalue weighted by Crippen LogP contribution is -2.28. The fraction of sp³-hybridized carbons (Fsp3) is 0.263. The highest BCUT2D eigenvalue weighted by Gasteiger charge is 2.40. The van der Waals surface area contributed by atoms with Crippen LogP contribution in [0.15, 0.2) is 55.2 Å². The van der Waals surface area contributed by atoms with Crippen LogP contribution in [0, 0.1) is 5.92 Å². The van der Waals surface area contributed by atoms with Gasteiger partial charge in [0.15, 0.2) is 0 Å². The first-order valence-electron chi connectivity index (χ1n) is 8.06. The van der Waals surface area contributed by atoms with Crippen LogP contribution in [-0.4, -0.2) is 19.6 Å². The number of hydrogen-bond acceptors (Lipinski definition) is 3. The minimum absolute atomic E-state index is 0.142. The molecule has 5 rings (SSSR count). The molecule has 1 aliphatic carbocycles. The molecular weight excluding hydrogens is 286 g/mol. The average Bonchev–Trinajstić information content (AvgIpc) is 3.17. The minimum atomic E-state index is -0.487. The van der Waals surface area contributed by atoms with Crippen LogP contribution < -0.4 is 0 Å². The molecule has 114 valence electrons. The third kappa shape index (κ3) is 1.75. The summed E-state index contributed by atoms with van der Waals surface area (Å²) in [6, 6.07) is 10.6. The van der Waals surface area contributed by atoms with Crippen LogP contribution >= 0.6 is 0 Å². The second kappa shape index (κ2) is 4.77. The molecule has 3 heterocycles. The Morgan fingerprint density at radius 2 is 1.96 bits per heavy atom. The highest BCUT2D eigenvalue weighted by atomic mass is 16.3. The largest absolute Gasteiger partial charge is 0.388 e. The molecule has 23 heavy (non-hydrogen) atoms. The van der Waals surface area contributed by atoms with Crippen molar-refractivity contribution in [1.82, 2.24) is 14.5 Å². The van der Waals surface area contributed by atoms with Gasteiger partial charge in [-0.15, -0.1) is 0 Å². The number of rotatable bonds is 1. The van der Waals surface area contributed by atoms with Gasteiger partial charge in [-0.3, -0.25) is 4.98 Å². The van der Waals surface area contributed by atoms with Crippen molar-refractivity contribution in [2.75, 3.05) is 0 Å². The van der Waals surface area contributed by atoms with Crippen molar-refractivity contribution in [2.45, 2.75) is 25.0 Å². The van der Waals surface area contributed by atoms with Gasteiger partial charge in [0.2, 0.25) is 0 Å². The van der Waals surface area contributed by atoms with Gasteiger partial charge in [-0.25, -0.2) is 4.98 Å². The Kier molecular flexibility index (Phi) is 2.70. The summed E-state index contributed by atoms with van der Waals surface area (Å²) in [6.45, 7) is 0. The second-order valence-electron chi connectivity index (χ2n) is 6.44. The van der Waals surface area contributed by atoms with E-state index in [0.29, 0.717) is 0 Å². The highest BCUT2D eigenvalue weighted by Crippen LogP contribution is 2.49. The van der Waals surface area contributed by atoms with Gasteiger partial charge in [-0.1, -0.05) is 24.3 Å². The van der Waals surface area contributed by atoms with Crippen LogP contribution in [0.5, 0.6) is 0 Å². The Morgan fingerprint density at radius 3 is 2.91 bits per heavy atom. The topological polar surface area (TPSA) is 50.9 Å². The molecule has 0 amide bonds. The van der Waals surface area contributed by atoms with Gasteiger partial charge >= 0.3 is 0 Å². The van der Waals surface area contributed by atoms with E-state index in [4.69, 9.17) is 0 Å². The Labute approximate surface area is 134 Å². The van der Waals surface area contributed by atoms with Gasteiger partial charge in [0.05, 0.1) is 30.4 Å². The van der Waals surface area contributed by atoms with Crippen molar-refractivity contribution in [3.63, 3.8) is 0 Å². The number of aromatic nitrogens is 3. The normalized spacial score (nSPS) is 24.8. The number of aryl methyl sites for hydroxylation is 1. The Bertz CT molecular complexity index is 886. The van der Waals surface area contributed by atoms with Crippen molar-refractivity contribution in [3.8, 4) is 11.3 Å². The lowest BCUT2D eigenvalue weighted by atomic mass is 9.76. The number of aliphatic hydroxyl groups is 1. The molecule has 1 N–H and O–H groups in total. The summed E-state index contributed by atoms with van der Waals surface area (Å²) in [5.74, 6) is 0.142. The lowest BCUT2D eigenvalue weighted by molar-refractivity contribution is 0.0717. The minimum Gasteiger partial charge on any atom is -0.388 e. The summed E-state index contributed by atoms with van der Waals surface area (Å²) in [7, 11) is 0. The third-order valence-corrected chi connectivity index (χ3v) is 5.34. The zero-order valence-electron chi connectivity index (χ0n) is 12.6. The first-order chi connectivity index (χ1) is 11.3. The van der Waals surface area contributed by atoms with Crippen molar-refractivity contribution >= 4 is 0 Å². The van der Waals surface area contributed by atoms with Crippen LogP contribution in [0.1, 0.15) is 35.3 Å². The van der Waals surface area contributed by atoms with Crippen LogP contribution in [0.2, 0.25) is 0 Å². The van der Waals surface area contributed by atoms with Gasteiger partial charge in [-0.2, -0.15) is 0 Å². The predicted molar refractivity (Wildman–Crippen MR) is 86.8 cm³/mol. The maximum absolute atomic E-state index is 11.0. The number of aliphatic hydroxyl groups excluding tert-OH is 1. The molecule has 0 bridgehead atoms. The van der Waals surface area contributed by atoms with E-state index in [-0.39, 0.29) is 12.0 Å². The van der Waals surface area contributed by atoms with Crippen molar-refractivity contribution in [1.29, 1.82) is 0 Å². The molecule has 4 nitrogen and oxygen atoms in total. The molecule has 0 fully saturated rings. The summed E-state index contributed by atoms with van der Waals surface area (Å²) in [6.07, 6.45) is 8.91. The summed E-state index contributed by atoms with van der Waals surface area (Å²) in [5.41, 5.74) is 5.88. The number of pyridine rings is 1. The van der Waals surface area contributed by atoms with Crippen molar-refractivity contribution in [3.05, 3.63) is 71.9 Å². The zero-order valence-corrected chi connectivity index (χ0v) is 12.6. The van der Waals surface area contributed by atoms with Crippen LogP contribution in [0.4, 0.5) is 0 Å². The van der Waals surface area contributed by atoms with E-state index >= 15 is 0 Å². The van der Waals surface area contributed by atoms with Crippen molar-refractivity contribution in [2.24, 2.45) is 5.92 Å². The molecule has 0 spiro atoms. The SMILES string of the molecule is OC1c2cnccc2CCC1C1c2ccccc2-c2cncn21. The van der Waals surface area contributed by atoms with Gasteiger partial charge in [0, 0.05) is 29.4 Å². The van der Waals surface area contributed by atoms with E-state index in [1.807, 2.05) is 31.0 Å². The first kappa shape index (κ1) is 13.0. The predicted octanol–water partition coefficient (Wildman–Crippen LogP) is 3.14. The van der Waals surface area contributed by atoms with E-state index in [0.717, 1.165) is 24.1 Å². The molecular formula is C19H17N3O. The molecule has 2 aliphatic rings. The molecule has 4 heteroatoms. The summed E-state index contributed by atoms with van der Waals surface area (Å²) < 4.78 is 2.22. The molecule has 3 aromatic rings.